The molecular formula is C24H12Al2O15. The topological polar surface area (TPSA) is 268 Å². The van der Waals surface area contributed by atoms with Crippen molar-refractivity contribution in [1.29, 1.82) is 0 Å². The van der Waals surface area contributed by atoms with E-state index in [1.807, 2.05) is 0 Å². The van der Waals surface area contributed by atoms with Gasteiger partial charge in [0, 0.05) is 0 Å². The minimum atomic E-state index is -1.42. The first-order valence-corrected chi connectivity index (χ1v) is 9.91. The summed E-state index contributed by atoms with van der Waals surface area (Å²) in [4.78, 5) is 72.4. The predicted octanol–water partition coefficient (Wildman–Crippen LogP) is -5.31. The molecule has 0 fully saturated rings. The van der Waals surface area contributed by atoms with Crippen LogP contribution in [0.2, 0.25) is 0 Å². The number of benzene rings is 3. The van der Waals surface area contributed by atoms with Crippen molar-refractivity contribution in [3.8, 4) is 0 Å². The van der Waals surface area contributed by atoms with Crippen LogP contribution >= 0.6 is 0 Å². The van der Waals surface area contributed by atoms with Crippen molar-refractivity contribution in [2.45, 2.75) is 0 Å². The molecule has 17 heteroatoms. The molecule has 3 aromatic rings. The number of carbonyl (C=O) groups excluding carboxylic acids is 6. The Hall–Kier alpha value is -4.58. The largest absolute Gasteiger partial charge is 3.00 e. The molecule has 0 aromatic heterocycles. The van der Waals surface area contributed by atoms with Crippen molar-refractivity contribution >= 4 is 70.5 Å². The molecule has 0 aliphatic heterocycles. The van der Waals surface area contributed by atoms with Crippen molar-refractivity contribution < 1.29 is 74.5 Å². The summed E-state index contributed by atoms with van der Waals surface area (Å²) in [5.74, 6) is -7.61. The minimum Gasteiger partial charge on any atom is -0.661 e. The zero-order valence-corrected chi connectivity index (χ0v) is 22.5. The van der Waals surface area contributed by atoms with Crippen molar-refractivity contribution in [2.75, 3.05) is 0 Å². The second-order valence-corrected chi connectivity index (χ2v) is 6.72. The van der Waals surface area contributed by atoms with Gasteiger partial charge in [-0.2, -0.15) is 0 Å². The van der Waals surface area contributed by atoms with Gasteiger partial charge in [-0.3, -0.25) is 0 Å². The van der Waals surface area contributed by atoms with Crippen LogP contribution in [0.3, 0.4) is 0 Å². The van der Waals surface area contributed by atoms with E-state index in [9.17, 15) is 59.9 Å². The molecule has 41 heavy (non-hydrogen) atoms. The second kappa shape index (κ2) is 19.5. The van der Waals surface area contributed by atoms with Crippen LogP contribution in [-0.4, -0.2) is 70.5 Å². The number of carboxylic acids is 3. The van der Waals surface area contributed by atoms with Crippen LogP contribution in [0, 0.1) is 0 Å². The molecule has 0 amide bonds. The van der Waals surface area contributed by atoms with Gasteiger partial charge in [0.05, 0.1) is 34.6 Å². The minimum absolute atomic E-state index is 0. The van der Waals surface area contributed by atoms with E-state index in [0.717, 1.165) is 18.2 Å². The average Bonchev–Trinajstić information content (AvgIpc) is 2.96. The van der Waals surface area contributed by atoms with Gasteiger partial charge in [-0.05, 0) is 53.1 Å². The van der Waals surface area contributed by atoms with E-state index in [-0.39, 0.29) is 68.1 Å². The molecule has 0 spiro atoms. The maximum Gasteiger partial charge on any atom is 3.00 e. The summed E-state index contributed by atoms with van der Waals surface area (Å²) in [6, 6.07) is 14.5. The summed E-state index contributed by atoms with van der Waals surface area (Å²) in [5, 5.41) is 60.1. The number of aromatic carboxylic acids is 3. The zero-order valence-electron chi connectivity index (χ0n) is 20.2. The molecule has 0 radical (unpaired) electrons. The first-order chi connectivity index (χ1) is 18.4. The molecule has 0 aliphatic rings. The van der Waals surface area contributed by atoms with Crippen LogP contribution in [0.4, 0.5) is 0 Å². The molecule has 0 aliphatic carbocycles. The van der Waals surface area contributed by atoms with E-state index in [1.165, 1.54) is 54.6 Å². The zero-order chi connectivity index (χ0) is 29.5. The van der Waals surface area contributed by atoms with Crippen molar-refractivity contribution in [3.05, 3.63) is 106 Å². The van der Waals surface area contributed by atoms with Crippen molar-refractivity contribution in [1.82, 2.24) is 0 Å². The average molecular weight is 594 g/mol. The van der Waals surface area contributed by atoms with Gasteiger partial charge in [0.25, 0.3) is 0 Å². The summed E-state index contributed by atoms with van der Waals surface area (Å²) in [7, 11) is 0. The van der Waals surface area contributed by atoms with Gasteiger partial charge in [-0.1, -0.05) is 36.4 Å². The molecule has 204 valence electrons. The molecule has 0 bridgehead atoms. The van der Waals surface area contributed by atoms with E-state index >= 15 is 0 Å². The number of hydrogen-bond donors (Lipinski definition) is 0. The molecule has 0 saturated heterocycles. The van der Waals surface area contributed by atoms with E-state index < -0.39 is 35.8 Å². The number of carbonyl (C=O) groups is 6. The van der Waals surface area contributed by atoms with Gasteiger partial charge >= 0.3 is 52.6 Å². The monoisotopic (exact) mass is 594 g/mol. The number of carboxylic acid groups (broad SMARTS) is 3. The van der Waals surface area contributed by atoms with Crippen LogP contribution in [0.1, 0.15) is 62.1 Å². The van der Waals surface area contributed by atoms with E-state index in [2.05, 4.69) is 14.7 Å². The van der Waals surface area contributed by atoms with Gasteiger partial charge in [0.15, 0.2) is 0 Å². The first-order valence-electron chi connectivity index (χ1n) is 9.91. The maximum atomic E-state index is 10.6. The second-order valence-electron chi connectivity index (χ2n) is 6.72. The first kappa shape index (κ1) is 38.6. The van der Waals surface area contributed by atoms with E-state index in [1.54, 1.807) is 0 Å². The van der Waals surface area contributed by atoms with Crippen LogP contribution in [0.5, 0.6) is 0 Å². The van der Waals surface area contributed by atoms with Gasteiger partial charge in [0.1, 0.15) is 0 Å². The Kier molecular flexibility index (Phi) is 18.3. The summed E-state index contributed by atoms with van der Waals surface area (Å²) in [6.45, 7) is 0. The van der Waals surface area contributed by atoms with Gasteiger partial charge in [0.2, 0.25) is 0 Å². The smallest absolute Gasteiger partial charge is 0.661 e. The Bertz CT molecular complexity index is 1210. The molecule has 0 atom stereocenters. The van der Waals surface area contributed by atoms with Gasteiger partial charge in [-0.15, -0.1) is 0 Å². The van der Waals surface area contributed by atoms with E-state index in [0.29, 0.717) is 0 Å². The Morgan fingerprint density at radius 2 is 0.610 bits per heavy atom. The Labute approximate surface area is 250 Å². The molecule has 3 rings (SSSR count). The standard InChI is InChI=1S/3C8H6O5.2Al/c3*9-7(10)5-2-1-3-6(4-5)8(11)13-12;;/h3*1-4,12H,(H,9,10);;/q;;;2*+3/p-6. The number of rotatable bonds is 6. The molecule has 0 heterocycles. The van der Waals surface area contributed by atoms with Crippen LogP contribution < -0.4 is 31.1 Å². The Morgan fingerprint density at radius 3 is 0.780 bits per heavy atom. The fraction of sp³-hybridized carbons (Fsp3) is 0. The maximum absolute atomic E-state index is 10.6. The van der Waals surface area contributed by atoms with Crippen LogP contribution in [0.15, 0.2) is 72.8 Å². The SMILES string of the molecule is O=C([O-])c1cccc(C(=O)O[O-])c1.O=C([O-])c1cccc(C(=O)O[O-])c1.O=C([O-])c1cccc(C(=O)O[O-])c1.[Al+3].[Al+3]. The normalized spacial score (nSPS) is 8.85. The Morgan fingerprint density at radius 1 is 0.415 bits per heavy atom. The number of hydrogen-bond acceptors (Lipinski definition) is 15. The van der Waals surface area contributed by atoms with Crippen LogP contribution in [-0.2, 0) is 14.7 Å². The molecule has 0 N–H and O–H groups in total. The predicted molar refractivity (Wildman–Crippen MR) is 120 cm³/mol. The van der Waals surface area contributed by atoms with Gasteiger partial charge in [-0.25, -0.2) is 14.4 Å². The molecule has 0 saturated carbocycles. The third-order valence-corrected chi connectivity index (χ3v) is 4.23. The van der Waals surface area contributed by atoms with E-state index in [4.69, 9.17) is 0 Å². The van der Waals surface area contributed by atoms with Crippen molar-refractivity contribution in [3.63, 3.8) is 0 Å². The Balaban J connectivity index is 0. The summed E-state index contributed by atoms with van der Waals surface area (Å²) >= 11 is 0. The fourth-order valence-corrected chi connectivity index (χ4v) is 2.46. The molecule has 3 aromatic carbocycles. The summed E-state index contributed by atoms with van der Waals surface area (Å²) in [5.41, 5.74) is -0.876. The third kappa shape index (κ3) is 12.9. The summed E-state index contributed by atoms with van der Waals surface area (Å²) < 4.78 is 0. The quantitative estimate of drug-likeness (QED) is 0.146. The third-order valence-electron chi connectivity index (χ3n) is 4.23. The van der Waals surface area contributed by atoms with Crippen LogP contribution in [0.25, 0.3) is 0 Å². The molecular weight excluding hydrogens is 582 g/mol. The molecule has 15 nitrogen and oxygen atoms in total. The van der Waals surface area contributed by atoms with Crippen molar-refractivity contribution in [2.24, 2.45) is 0 Å². The molecule has 0 unspecified atom stereocenters. The summed E-state index contributed by atoms with van der Waals surface area (Å²) in [6.07, 6.45) is 0. The fourth-order valence-electron chi connectivity index (χ4n) is 2.46. The van der Waals surface area contributed by atoms with Gasteiger partial charge < -0.3 is 60.1 Å².